The van der Waals surface area contributed by atoms with E-state index in [1.807, 2.05) is 31.2 Å². The molecular weight excluding hydrogens is 296 g/mol. The van der Waals surface area contributed by atoms with Gasteiger partial charge in [0.1, 0.15) is 0 Å². The Morgan fingerprint density at radius 2 is 1.86 bits per heavy atom. The van der Waals surface area contributed by atoms with E-state index < -0.39 is 0 Å². The molecule has 0 saturated heterocycles. The monoisotopic (exact) mass is 316 g/mol. The Morgan fingerprint density at radius 1 is 1.14 bits per heavy atom. The van der Waals surface area contributed by atoms with Crippen LogP contribution < -0.4 is 10.6 Å². The van der Waals surface area contributed by atoms with Crippen molar-refractivity contribution in [2.24, 2.45) is 0 Å². The first-order valence-corrected chi connectivity index (χ1v) is 7.32. The maximum atomic E-state index is 12.4. The summed E-state index contributed by atoms with van der Waals surface area (Å²) >= 11 is 0. The van der Waals surface area contributed by atoms with Crippen LogP contribution in [0.5, 0.6) is 0 Å². The van der Waals surface area contributed by atoms with Gasteiger partial charge in [-0.3, -0.25) is 4.79 Å². The summed E-state index contributed by atoms with van der Waals surface area (Å²) in [6.45, 7) is 4.82. The van der Waals surface area contributed by atoms with Gasteiger partial charge in [0.25, 0.3) is 0 Å². The molecular formula is C18H21ClN2O. The lowest BCUT2D eigenvalue weighted by atomic mass is 9.95. The molecule has 1 atom stereocenters. The van der Waals surface area contributed by atoms with E-state index in [0.717, 1.165) is 24.2 Å². The number of amides is 1. The number of nitrogens with one attached hydrogen (secondary N) is 2. The molecule has 0 fully saturated rings. The smallest absolute Gasteiger partial charge is 0.241 e. The molecule has 0 aliphatic carbocycles. The molecule has 1 aliphatic rings. The number of fused-ring (bicyclic) bond motifs is 1. The highest BCUT2D eigenvalue weighted by Crippen LogP contribution is 2.19. The first kappa shape index (κ1) is 16.5. The van der Waals surface area contributed by atoms with Crippen LogP contribution in [-0.4, -0.2) is 11.9 Å². The van der Waals surface area contributed by atoms with Gasteiger partial charge in [-0.2, -0.15) is 0 Å². The Balaban J connectivity index is 0.00000176. The van der Waals surface area contributed by atoms with Crippen LogP contribution in [0.15, 0.2) is 42.5 Å². The molecule has 1 aliphatic heterocycles. The van der Waals surface area contributed by atoms with Crippen LogP contribution in [-0.2, 0) is 17.8 Å². The first-order chi connectivity index (χ1) is 10.1. The lowest BCUT2D eigenvalue weighted by Crippen LogP contribution is -2.44. The van der Waals surface area contributed by atoms with E-state index in [0.29, 0.717) is 0 Å². The van der Waals surface area contributed by atoms with Crippen molar-refractivity contribution < 1.29 is 4.79 Å². The van der Waals surface area contributed by atoms with Crippen molar-refractivity contribution in [1.82, 2.24) is 5.32 Å². The SMILES string of the molecule is Cc1ccc(NC(=O)C2Cc3ccccc3CN2)c(C)c1.Cl. The second kappa shape index (κ2) is 6.95. The van der Waals surface area contributed by atoms with Gasteiger partial charge in [0.15, 0.2) is 0 Å². The van der Waals surface area contributed by atoms with E-state index in [2.05, 4.69) is 35.8 Å². The molecule has 22 heavy (non-hydrogen) atoms. The minimum absolute atomic E-state index is 0. The highest BCUT2D eigenvalue weighted by molar-refractivity contribution is 5.95. The number of anilines is 1. The summed E-state index contributed by atoms with van der Waals surface area (Å²) in [7, 11) is 0. The Bertz CT molecular complexity index is 685. The summed E-state index contributed by atoms with van der Waals surface area (Å²) in [4.78, 5) is 12.4. The molecule has 1 amide bonds. The minimum Gasteiger partial charge on any atom is -0.324 e. The molecule has 2 aromatic carbocycles. The summed E-state index contributed by atoms with van der Waals surface area (Å²) < 4.78 is 0. The number of aryl methyl sites for hydroxylation is 2. The van der Waals surface area contributed by atoms with Gasteiger partial charge in [-0.25, -0.2) is 0 Å². The third-order valence-corrected chi connectivity index (χ3v) is 4.04. The molecule has 3 rings (SSSR count). The van der Waals surface area contributed by atoms with Crippen LogP contribution in [0.1, 0.15) is 22.3 Å². The lowest BCUT2D eigenvalue weighted by Gasteiger charge is -2.25. The zero-order chi connectivity index (χ0) is 14.8. The van der Waals surface area contributed by atoms with Gasteiger partial charge in [0, 0.05) is 12.2 Å². The lowest BCUT2D eigenvalue weighted by molar-refractivity contribution is -0.118. The van der Waals surface area contributed by atoms with Gasteiger partial charge in [-0.15, -0.1) is 12.4 Å². The fraction of sp³-hybridized carbons (Fsp3) is 0.278. The predicted molar refractivity (Wildman–Crippen MR) is 92.6 cm³/mol. The molecule has 2 N–H and O–H groups in total. The second-order valence-corrected chi connectivity index (χ2v) is 5.71. The number of halogens is 1. The quantitative estimate of drug-likeness (QED) is 0.892. The Labute approximate surface area is 137 Å². The zero-order valence-electron chi connectivity index (χ0n) is 12.8. The number of benzene rings is 2. The number of hydrogen-bond donors (Lipinski definition) is 2. The van der Waals surface area contributed by atoms with E-state index >= 15 is 0 Å². The Kier molecular flexibility index (Phi) is 5.22. The summed E-state index contributed by atoms with van der Waals surface area (Å²) in [6, 6.07) is 14.2. The average molecular weight is 317 g/mol. The normalized spacial score (nSPS) is 16.4. The number of rotatable bonds is 2. The first-order valence-electron chi connectivity index (χ1n) is 7.32. The third-order valence-electron chi connectivity index (χ3n) is 4.04. The molecule has 4 heteroatoms. The Morgan fingerprint density at radius 3 is 2.59 bits per heavy atom. The molecule has 0 spiro atoms. The van der Waals surface area contributed by atoms with Gasteiger partial charge >= 0.3 is 0 Å². The molecule has 3 nitrogen and oxygen atoms in total. The molecule has 0 saturated carbocycles. The van der Waals surface area contributed by atoms with E-state index in [9.17, 15) is 4.79 Å². The van der Waals surface area contributed by atoms with Crippen LogP contribution in [0.25, 0.3) is 0 Å². The predicted octanol–water partition coefficient (Wildman–Crippen LogP) is 3.38. The van der Waals surface area contributed by atoms with Crippen molar-refractivity contribution in [2.75, 3.05) is 5.32 Å². The van der Waals surface area contributed by atoms with Crippen LogP contribution in [0.4, 0.5) is 5.69 Å². The van der Waals surface area contributed by atoms with Crippen LogP contribution in [0, 0.1) is 13.8 Å². The molecule has 1 heterocycles. The summed E-state index contributed by atoms with van der Waals surface area (Å²) in [5.74, 6) is 0.0384. The van der Waals surface area contributed by atoms with Crippen molar-refractivity contribution >= 4 is 24.0 Å². The molecule has 0 bridgehead atoms. The summed E-state index contributed by atoms with van der Waals surface area (Å²) in [5.41, 5.74) is 5.74. The Hall–Kier alpha value is -1.84. The van der Waals surface area contributed by atoms with E-state index in [-0.39, 0.29) is 24.4 Å². The van der Waals surface area contributed by atoms with Gasteiger partial charge in [-0.1, -0.05) is 42.0 Å². The minimum atomic E-state index is -0.166. The van der Waals surface area contributed by atoms with Crippen LogP contribution >= 0.6 is 12.4 Å². The van der Waals surface area contributed by atoms with Crippen molar-refractivity contribution in [3.8, 4) is 0 Å². The average Bonchev–Trinajstić information content (AvgIpc) is 2.49. The van der Waals surface area contributed by atoms with Gasteiger partial charge in [0.2, 0.25) is 5.91 Å². The molecule has 0 aromatic heterocycles. The fourth-order valence-electron chi connectivity index (χ4n) is 2.81. The molecule has 1 unspecified atom stereocenters. The summed E-state index contributed by atoms with van der Waals surface area (Å²) in [6.07, 6.45) is 0.743. The largest absolute Gasteiger partial charge is 0.324 e. The fourth-order valence-corrected chi connectivity index (χ4v) is 2.81. The second-order valence-electron chi connectivity index (χ2n) is 5.71. The van der Waals surface area contributed by atoms with E-state index in [1.54, 1.807) is 0 Å². The van der Waals surface area contributed by atoms with Crippen LogP contribution in [0.3, 0.4) is 0 Å². The van der Waals surface area contributed by atoms with E-state index in [4.69, 9.17) is 0 Å². The van der Waals surface area contributed by atoms with Crippen molar-refractivity contribution in [2.45, 2.75) is 32.9 Å². The van der Waals surface area contributed by atoms with Crippen molar-refractivity contribution in [1.29, 1.82) is 0 Å². The number of carbonyl (C=O) groups is 1. The third kappa shape index (κ3) is 3.49. The molecule has 116 valence electrons. The standard InChI is InChI=1S/C18H20N2O.ClH/c1-12-7-8-16(13(2)9-12)20-18(21)17-10-14-5-3-4-6-15(14)11-19-17;/h3-9,17,19H,10-11H2,1-2H3,(H,20,21);1H. The topological polar surface area (TPSA) is 41.1 Å². The maximum absolute atomic E-state index is 12.4. The van der Waals surface area contributed by atoms with E-state index in [1.165, 1.54) is 16.7 Å². The van der Waals surface area contributed by atoms with Crippen molar-refractivity contribution in [3.63, 3.8) is 0 Å². The highest BCUT2D eigenvalue weighted by Gasteiger charge is 2.24. The van der Waals surface area contributed by atoms with Crippen LogP contribution in [0.2, 0.25) is 0 Å². The number of carbonyl (C=O) groups excluding carboxylic acids is 1. The highest BCUT2D eigenvalue weighted by atomic mass is 35.5. The van der Waals surface area contributed by atoms with Gasteiger partial charge < -0.3 is 10.6 Å². The zero-order valence-corrected chi connectivity index (χ0v) is 13.7. The maximum Gasteiger partial charge on any atom is 0.241 e. The van der Waals surface area contributed by atoms with Crippen molar-refractivity contribution in [3.05, 3.63) is 64.7 Å². The molecule has 2 aromatic rings. The summed E-state index contributed by atoms with van der Waals surface area (Å²) in [5, 5.41) is 6.35. The molecule has 0 radical (unpaired) electrons. The number of hydrogen-bond acceptors (Lipinski definition) is 2. The van der Waals surface area contributed by atoms with Gasteiger partial charge in [-0.05, 0) is 43.0 Å². The van der Waals surface area contributed by atoms with Gasteiger partial charge in [0.05, 0.1) is 6.04 Å².